The van der Waals surface area contributed by atoms with E-state index in [2.05, 4.69) is 15.8 Å². The van der Waals surface area contributed by atoms with Crippen molar-refractivity contribution < 1.29 is 28.6 Å². The zero-order chi connectivity index (χ0) is 25.4. The molecule has 3 rings (SSSR count). The Bertz CT molecular complexity index is 1300. The minimum Gasteiger partial charge on any atom is -0.495 e. The van der Waals surface area contributed by atoms with Crippen LogP contribution in [0.5, 0.6) is 17.2 Å². The highest BCUT2D eigenvalue weighted by molar-refractivity contribution is 6.42. The molecule has 180 valence electrons. The van der Waals surface area contributed by atoms with Gasteiger partial charge in [-0.25, -0.2) is 10.2 Å². The zero-order valence-electron chi connectivity index (χ0n) is 18.5. The van der Waals surface area contributed by atoms with Gasteiger partial charge in [-0.3, -0.25) is 9.59 Å². The number of para-hydroxylation sites is 2. The highest BCUT2D eigenvalue weighted by atomic mass is 35.5. The molecule has 0 radical (unpaired) electrons. The number of nitrogens with one attached hydrogen (secondary N) is 2. The molecule has 3 aromatic rings. The van der Waals surface area contributed by atoms with E-state index in [1.807, 2.05) is 0 Å². The molecule has 0 bridgehead atoms. The summed E-state index contributed by atoms with van der Waals surface area (Å²) in [6.45, 7) is 0. The lowest BCUT2D eigenvalue weighted by Crippen LogP contribution is -2.32. The Morgan fingerprint density at radius 3 is 2.29 bits per heavy atom. The third-order valence-corrected chi connectivity index (χ3v) is 5.23. The number of ether oxygens (including phenoxy) is 3. The Morgan fingerprint density at radius 2 is 1.57 bits per heavy atom. The molecular formula is C24H19Cl2N3O6. The van der Waals surface area contributed by atoms with Gasteiger partial charge in [0.25, 0.3) is 0 Å². The van der Waals surface area contributed by atoms with Crippen LogP contribution in [-0.2, 0) is 9.59 Å². The van der Waals surface area contributed by atoms with Crippen LogP contribution in [-0.4, -0.2) is 38.2 Å². The van der Waals surface area contributed by atoms with Crippen LogP contribution in [0.2, 0.25) is 10.0 Å². The number of carbonyl (C=O) groups excluding carboxylic acids is 3. The maximum absolute atomic E-state index is 12.4. The number of carbonyl (C=O) groups is 3. The standard InChI is InChI=1S/C24H19Cl2N3O6/c1-33-19-6-4-3-5-18(19)28-22(30)23(31)29-27-13-14-7-10-20(21(11-14)34-2)35-24(32)15-8-9-16(25)17(26)12-15/h3-13H,1-2H3,(H,28,30)(H,29,31)/b27-13+. The Balaban J connectivity index is 1.62. The van der Waals surface area contributed by atoms with Gasteiger partial charge in [0, 0.05) is 0 Å². The smallest absolute Gasteiger partial charge is 0.343 e. The van der Waals surface area contributed by atoms with Gasteiger partial charge < -0.3 is 19.5 Å². The number of nitrogens with zero attached hydrogens (tertiary/aromatic N) is 1. The molecule has 2 amide bonds. The minimum absolute atomic E-state index is 0.154. The van der Waals surface area contributed by atoms with Gasteiger partial charge in [-0.05, 0) is 54.1 Å². The first-order chi connectivity index (χ1) is 16.8. The fourth-order valence-electron chi connectivity index (χ4n) is 2.77. The molecule has 9 nitrogen and oxygen atoms in total. The monoisotopic (exact) mass is 515 g/mol. The molecule has 0 saturated carbocycles. The molecule has 0 saturated heterocycles. The summed E-state index contributed by atoms with van der Waals surface area (Å²) in [5.74, 6) is -1.76. The van der Waals surface area contributed by atoms with E-state index in [0.29, 0.717) is 22.0 Å². The normalized spacial score (nSPS) is 10.5. The number of methoxy groups -OCH3 is 2. The topological polar surface area (TPSA) is 115 Å². The van der Waals surface area contributed by atoms with Gasteiger partial charge in [-0.15, -0.1) is 0 Å². The lowest BCUT2D eigenvalue weighted by atomic mass is 10.2. The number of benzene rings is 3. The van der Waals surface area contributed by atoms with Crippen LogP contribution in [0.4, 0.5) is 5.69 Å². The van der Waals surface area contributed by atoms with Crippen LogP contribution in [0, 0.1) is 0 Å². The first-order valence-electron chi connectivity index (χ1n) is 9.95. The molecule has 0 atom stereocenters. The molecule has 11 heteroatoms. The van der Waals surface area contributed by atoms with Gasteiger partial charge >= 0.3 is 17.8 Å². The van der Waals surface area contributed by atoms with Crippen LogP contribution >= 0.6 is 23.2 Å². The van der Waals surface area contributed by atoms with E-state index in [1.165, 1.54) is 50.8 Å². The van der Waals surface area contributed by atoms with E-state index >= 15 is 0 Å². The first-order valence-corrected chi connectivity index (χ1v) is 10.7. The largest absolute Gasteiger partial charge is 0.495 e. The number of amides is 2. The molecule has 2 N–H and O–H groups in total. The predicted octanol–water partition coefficient (Wildman–Crippen LogP) is 4.32. The number of hydrazone groups is 1. The van der Waals surface area contributed by atoms with E-state index < -0.39 is 17.8 Å². The second-order valence-corrected chi connectivity index (χ2v) is 7.60. The third-order valence-electron chi connectivity index (χ3n) is 4.49. The van der Waals surface area contributed by atoms with Crippen LogP contribution in [0.1, 0.15) is 15.9 Å². The molecule has 0 aliphatic rings. The van der Waals surface area contributed by atoms with Crippen LogP contribution in [0.15, 0.2) is 65.8 Å². The highest BCUT2D eigenvalue weighted by Gasteiger charge is 2.16. The molecule has 0 aromatic heterocycles. The number of hydrogen-bond donors (Lipinski definition) is 2. The lowest BCUT2D eigenvalue weighted by Gasteiger charge is -2.10. The summed E-state index contributed by atoms with van der Waals surface area (Å²) < 4.78 is 15.8. The summed E-state index contributed by atoms with van der Waals surface area (Å²) in [5.41, 5.74) is 3.19. The zero-order valence-corrected chi connectivity index (χ0v) is 20.0. The van der Waals surface area contributed by atoms with Crippen LogP contribution in [0.25, 0.3) is 0 Å². The van der Waals surface area contributed by atoms with Gasteiger partial charge in [-0.2, -0.15) is 5.10 Å². The molecule has 0 fully saturated rings. The van der Waals surface area contributed by atoms with E-state index in [9.17, 15) is 14.4 Å². The van der Waals surface area contributed by atoms with E-state index in [4.69, 9.17) is 37.4 Å². The van der Waals surface area contributed by atoms with Crippen LogP contribution < -0.4 is 25.0 Å². The summed E-state index contributed by atoms with van der Waals surface area (Å²) in [6, 6.07) is 15.6. The Labute approximate surface area is 210 Å². The number of esters is 1. The molecule has 3 aromatic carbocycles. The molecule has 35 heavy (non-hydrogen) atoms. The number of hydrogen-bond acceptors (Lipinski definition) is 7. The van der Waals surface area contributed by atoms with Crippen molar-refractivity contribution in [3.8, 4) is 17.2 Å². The van der Waals surface area contributed by atoms with Crippen molar-refractivity contribution in [1.29, 1.82) is 0 Å². The Hall–Kier alpha value is -4.08. The van der Waals surface area contributed by atoms with E-state index in [0.717, 1.165) is 0 Å². The van der Waals surface area contributed by atoms with Gasteiger partial charge in [0.15, 0.2) is 11.5 Å². The average molecular weight is 516 g/mol. The van der Waals surface area contributed by atoms with Crippen LogP contribution in [0.3, 0.4) is 0 Å². The summed E-state index contributed by atoms with van der Waals surface area (Å²) in [4.78, 5) is 36.5. The summed E-state index contributed by atoms with van der Waals surface area (Å²) >= 11 is 11.8. The van der Waals surface area contributed by atoms with Gasteiger partial charge in [0.05, 0.1) is 41.7 Å². The molecule has 0 aliphatic heterocycles. The third kappa shape index (κ3) is 6.72. The van der Waals surface area contributed by atoms with Crippen molar-refractivity contribution in [3.63, 3.8) is 0 Å². The first kappa shape index (κ1) is 25.5. The second kappa shape index (κ2) is 11.9. The maximum atomic E-state index is 12.4. The molecule has 0 spiro atoms. The fraction of sp³-hybridized carbons (Fsp3) is 0.0833. The van der Waals surface area contributed by atoms with Crippen molar-refractivity contribution in [3.05, 3.63) is 81.8 Å². The quantitative estimate of drug-likeness (QED) is 0.159. The van der Waals surface area contributed by atoms with Crippen molar-refractivity contribution >= 4 is 52.9 Å². The second-order valence-electron chi connectivity index (χ2n) is 6.78. The molecule has 0 aliphatic carbocycles. The Kier molecular flexibility index (Phi) is 8.66. The summed E-state index contributed by atoms with van der Waals surface area (Å²) in [6.07, 6.45) is 1.29. The molecular weight excluding hydrogens is 497 g/mol. The lowest BCUT2D eigenvalue weighted by molar-refractivity contribution is -0.136. The predicted molar refractivity (Wildman–Crippen MR) is 132 cm³/mol. The van der Waals surface area contributed by atoms with Gasteiger partial charge in [0.1, 0.15) is 5.75 Å². The summed E-state index contributed by atoms with van der Waals surface area (Å²) in [7, 11) is 2.85. The Morgan fingerprint density at radius 1 is 0.829 bits per heavy atom. The van der Waals surface area contributed by atoms with Crippen molar-refractivity contribution in [2.45, 2.75) is 0 Å². The molecule has 0 unspecified atom stereocenters. The van der Waals surface area contributed by atoms with Gasteiger partial charge in [-0.1, -0.05) is 35.3 Å². The fourth-order valence-corrected chi connectivity index (χ4v) is 3.07. The minimum atomic E-state index is -0.980. The highest BCUT2D eigenvalue weighted by Crippen LogP contribution is 2.29. The number of rotatable bonds is 7. The van der Waals surface area contributed by atoms with Crippen molar-refractivity contribution in [2.24, 2.45) is 5.10 Å². The number of anilines is 1. The van der Waals surface area contributed by atoms with E-state index in [-0.39, 0.29) is 22.1 Å². The maximum Gasteiger partial charge on any atom is 0.343 e. The van der Waals surface area contributed by atoms with Gasteiger partial charge in [0.2, 0.25) is 0 Å². The average Bonchev–Trinajstić information content (AvgIpc) is 2.86. The summed E-state index contributed by atoms with van der Waals surface area (Å²) in [5, 5.41) is 6.75. The molecule has 0 heterocycles. The van der Waals surface area contributed by atoms with E-state index in [1.54, 1.807) is 30.3 Å². The number of halogens is 2. The van der Waals surface area contributed by atoms with Crippen molar-refractivity contribution in [1.82, 2.24) is 5.43 Å². The van der Waals surface area contributed by atoms with Crippen molar-refractivity contribution in [2.75, 3.05) is 19.5 Å². The SMILES string of the molecule is COc1ccccc1NC(=O)C(=O)N/N=C/c1ccc(OC(=O)c2ccc(Cl)c(Cl)c2)c(OC)c1.